The molecule has 2 aromatic rings. The van der Waals surface area contributed by atoms with E-state index in [0.717, 1.165) is 5.75 Å². The van der Waals surface area contributed by atoms with E-state index in [2.05, 4.69) is 67.1 Å². The predicted octanol–water partition coefficient (Wildman–Crippen LogP) is 4.43. The first-order valence-electron chi connectivity index (χ1n) is 8.60. The number of likely N-dealkylation sites (N-methyl/N-ethyl adjacent to an activating group) is 1. The molecule has 0 radical (unpaired) electrons. The highest BCUT2D eigenvalue weighted by Crippen LogP contribution is 2.25. The molecule has 2 rings (SSSR count). The Morgan fingerprint density at radius 3 is 2.48 bits per heavy atom. The van der Waals surface area contributed by atoms with Gasteiger partial charge in [-0.2, -0.15) is 11.3 Å². The van der Waals surface area contributed by atoms with Crippen LogP contribution in [0.5, 0.6) is 0 Å². The lowest BCUT2D eigenvalue weighted by Crippen LogP contribution is -2.40. The highest BCUT2D eigenvalue weighted by Gasteiger charge is 2.24. The fourth-order valence-electron chi connectivity index (χ4n) is 2.69. The first-order valence-corrected chi connectivity index (χ1v) is 10.6. The van der Waals surface area contributed by atoms with Gasteiger partial charge in [-0.3, -0.25) is 4.79 Å². The summed E-state index contributed by atoms with van der Waals surface area (Å²) in [6, 6.07) is 12.7. The van der Waals surface area contributed by atoms with Gasteiger partial charge < -0.3 is 10.2 Å². The highest BCUT2D eigenvalue weighted by atomic mass is 32.2. The first-order chi connectivity index (χ1) is 12.0. The third-order valence-corrected chi connectivity index (χ3v) is 6.48. The van der Waals surface area contributed by atoms with Crippen molar-refractivity contribution < 1.29 is 4.79 Å². The lowest BCUT2D eigenvalue weighted by Gasteiger charge is -2.26. The van der Waals surface area contributed by atoms with Gasteiger partial charge in [-0.1, -0.05) is 44.2 Å². The number of nitrogens with one attached hydrogen (secondary N) is 1. The summed E-state index contributed by atoms with van der Waals surface area (Å²) in [7, 11) is 4.11. The van der Waals surface area contributed by atoms with Crippen LogP contribution in [-0.4, -0.2) is 36.7 Å². The number of hydrogen-bond acceptors (Lipinski definition) is 4. The second kappa shape index (κ2) is 10.00. The molecule has 136 valence electrons. The molecule has 3 nitrogen and oxygen atoms in total. The van der Waals surface area contributed by atoms with Crippen LogP contribution in [0.15, 0.2) is 47.2 Å². The van der Waals surface area contributed by atoms with Crippen molar-refractivity contribution >= 4 is 29.0 Å². The van der Waals surface area contributed by atoms with Crippen molar-refractivity contribution in [2.45, 2.75) is 30.9 Å². The largest absolute Gasteiger partial charge is 0.353 e. The van der Waals surface area contributed by atoms with E-state index in [4.69, 9.17) is 0 Å². The Labute approximate surface area is 159 Å². The molecule has 2 atom stereocenters. The van der Waals surface area contributed by atoms with E-state index in [1.165, 1.54) is 11.1 Å². The normalized spacial score (nSPS) is 13.8. The molecule has 0 fully saturated rings. The predicted molar refractivity (Wildman–Crippen MR) is 110 cm³/mol. The van der Waals surface area contributed by atoms with Crippen LogP contribution < -0.4 is 5.32 Å². The second-order valence-electron chi connectivity index (χ2n) is 6.74. The number of carbonyl (C=O) groups is 1. The van der Waals surface area contributed by atoms with Crippen LogP contribution >= 0.6 is 23.1 Å². The molecule has 5 heteroatoms. The first kappa shape index (κ1) is 20.0. The van der Waals surface area contributed by atoms with Crippen molar-refractivity contribution in [1.29, 1.82) is 0 Å². The molecule has 1 aromatic carbocycles. The summed E-state index contributed by atoms with van der Waals surface area (Å²) < 4.78 is 0. The average molecular weight is 377 g/mol. The van der Waals surface area contributed by atoms with Gasteiger partial charge in [0.15, 0.2) is 0 Å². The molecule has 0 saturated carbocycles. The monoisotopic (exact) mass is 376 g/mol. The van der Waals surface area contributed by atoms with Gasteiger partial charge in [-0.25, -0.2) is 0 Å². The topological polar surface area (TPSA) is 32.3 Å². The van der Waals surface area contributed by atoms with Crippen LogP contribution in [0.4, 0.5) is 0 Å². The Morgan fingerprint density at radius 1 is 1.20 bits per heavy atom. The van der Waals surface area contributed by atoms with Crippen molar-refractivity contribution in [3.05, 3.63) is 58.3 Å². The number of rotatable bonds is 9. The summed E-state index contributed by atoms with van der Waals surface area (Å²) >= 11 is 3.42. The number of nitrogens with zero attached hydrogens (tertiary/aromatic N) is 1. The van der Waals surface area contributed by atoms with E-state index >= 15 is 0 Å². The van der Waals surface area contributed by atoms with Gasteiger partial charge in [0.25, 0.3) is 0 Å². The van der Waals surface area contributed by atoms with Crippen molar-refractivity contribution in [2.24, 2.45) is 5.92 Å². The number of hydrogen-bond donors (Lipinski definition) is 1. The molecular formula is C20H28N2OS2. The van der Waals surface area contributed by atoms with Crippen LogP contribution in [0.3, 0.4) is 0 Å². The van der Waals surface area contributed by atoms with Crippen LogP contribution in [-0.2, 0) is 10.5 Å². The number of thioether (sulfide) groups is 1. The van der Waals surface area contributed by atoms with Gasteiger partial charge in [0.2, 0.25) is 5.91 Å². The van der Waals surface area contributed by atoms with Gasteiger partial charge in [0.1, 0.15) is 0 Å². The Kier molecular flexibility index (Phi) is 8.00. The Hall–Kier alpha value is -1.30. The molecule has 0 bridgehead atoms. The van der Waals surface area contributed by atoms with Gasteiger partial charge in [0.05, 0.1) is 11.3 Å². The van der Waals surface area contributed by atoms with Gasteiger partial charge >= 0.3 is 0 Å². The smallest absolute Gasteiger partial charge is 0.233 e. The number of benzene rings is 1. The van der Waals surface area contributed by atoms with Crippen LogP contribution in [0.25, 0.3) is 0 Å². The molecule has 1 amide bonds. The van der Waals surface area contributed by atoms with E-state index in [-0.39, 0.29) is 17.2 Å². The Bertz CT molecular complexity index is 626. The van der Waals surface area contributed by atoms with E-state index in [0.29, 0.717) is 12.5 Å². The Balaban J connectivity index is 1.93. The quantitative estimate of drug-likeness (QED) is 0.703. The van der Waals surface area contributed by atoms with E-state index in [9.17, 15) is 4.79 Å². The van der Waals surface area contributed by atoms with E-state index in [1.54, 1.807) is 23.1 Å². The molecule has 0 aliphatic heterocycles. The molecule has 0 spiro atoms. The maximum Gasteiger partial charge on any atom is 0.233 e. The van der Waals surface area contributed by atoms with Gasteiger partial charge in [-0.15, -0.1) is 11.8 Å². The molecule has 1 heterocycles. The molecule has 1 N–H and O–H groups in total. The fraction of sp³-hybridized carbons (Fsp3) is 0.450. The molecule has 1 aromatic heterocycles. The third kappa shape index (κ3) is 6.17. The minimum absolute atomic E-state index is 0.0366. The summed E-state index contributed by atoms with van der Waals surface area (Å²) in [5.74, 6) is 1.30. The molecule has 0 aliphatic carbocycles. The molecule has 0 saturated heterocycles. The zero-order valence-corrected chi connectivity index (χ0v) is 17.1. The second-order valence-corrected chi connectivity index (χ2v) is 8.65. The third-order valence-electron chi connectivity index (χ3n) is 4.16. The number of carbonyl (C=O) groups excluding carboxylic acids is 1. The number of amides is 1. The number of thiophene rings is 1. The van der Waals surface area contributed by atoms with Crippen molar-refractivity contribution in [1.82, 2.24) is 10.2 Å². The maximum atomic E-state index is 12.8. The summed E-state index contributed by atoms with van der Waals surface area (Å²) in [5.41, 5.74) is 2.52. The SMILES string of the molecule is CC(C)C(SCc1ccccc1)C(=O)NCC(c1ccsc1)N(C)C. The minimum Gasteiger partial charge on any atom is -0.353 e. The zero-order valence-electron chi connectivity index (χ0n) is 15.4. The van der Waals surface area contributed by atoms with Crippen LogP contribution in [0.1, 0.15) is 31.0 Å². The molecule has 0 aliphatic rings. The summed E-state index contributed by atoms with van der Waals surface area (Å²) in [5, 5.41) is 7.37. The van der Waals surface area contributed by atoms with Crippen molar-refractivity contribution in [3.8, 4) is 0 Å². The zero-order chi connectivity index (χ0) is 18.2. The van der Waals surface area contributed by atoms with Gasteiger partial charge in [-0.05, 0) is 48.0 Å². The summed E-state index contributed by atoms with van der Waals surface area (Å²) in [6.07, 6.45) is 0. The standard InChI is InChI=1S/C20H28N2OS2/c1-15(2)19(25-13-16-8-6-5-7-9-16)20(23)21-12-18(22(3)4)17-10-11-24-14-17/h5-11,14-15,18-19H,12-13H2,1-4H3,(H,21,23). The Morgan fingerprint density at radius 2 is 1.92 bits per heavy atom. The summed E-state index contributed by atoms with van der Waals surface area (Å²) in [6.45, 7) is 4.87. The van der Waals surface area contributed by atoms with Crippen LogP contribution in [0.2, 0.25) is 0 Å². The van der Waals surface area contributed by atoms with E-state index in [1.807, 2.05) is 18.2 Å². The van der Waals surface area contributed by atoms with Crippen molar-refractivity contribution in [2.75, 3.05) is 20.6 Å². The maximum absolute atomic E-state index is 12.8. The highest BCUT2D eigenvalue weighted by molar-refractivity contribution is 7.99. The van der Waals surface area contributed by atoms with Gasteiger partial charge in [0, 0.05) is 12.3 Å². The summed E-state index contributed by atoms with van der Waals surface area (Å²) in [4.78, 5) is 14.9. The van der Waals surface area contributed by atoms with Crippen LogP contribution in [0, 0.1) is 5.92 Å². The lowest BCUT2D eigenvalue weighted by molar-refractivity contribution is -0.121. The lowest BCUT2D eigenvalue weighted by atomic mass is 10.1. The molecule has 25 heavy (non-hydrogen) atoms. The molecule has 2 unspecified atom stereocenters. The van der Waals surface area contributed by atoms with Crippen molar-refractivity contribution in [3.63, 3.8) is 0 Å². The van der Waals surface area contributed by atoms with E-state index < -0.39 is 0 Å². The average Bonchev–Trinajstić information content (AvgIpc) is 3.09. The molecular weight excluding hydrogens is 348 g/mol. The minimum atomic E-state index is -0.0366. The fourth-order valence-corrected chi connectivity index (χ4v) is 4.58.